The minimum absolute atomic E-state index is 0.0107. The molecule has 1 saturated heterocycles. The number of hydrogen-bond donors (Lipinski definition) is 2. The summed E-state index contributed by atoms with van der Waals surface area (Å²) in [6, 6.07) is 3.32. The normalized spacial score (nSPS) is 13.3. The highest BCUT2D eigenvalue weighted by Crippen LogP contribution is 2.26. The van der Waals surface area contributed by atoms with E-state index in [2.05, 4.69) is 47.0 Å². The largest absolute Gasteiger partial charge is 0.467 e. The van der Waals surface area contributed by atoms with E-state index in [4.69, 9.17) is 9.47 Å². The summed E-state index contributed by atoms with van der Waals surface area (Å²) in [5.41, 5.74) is 3.67. The average molecular weight is 562 g/mol. The van der Waals surface area contributed by atoms with Crippen LogP contribution >= 0.6 is 0 Å². The lowest BCUT2D eigenvalue weighted by Crippen LogP contribution is -2.43. The van der Waals surface area contributed by atoms with Crippen molar-refractivity contribution in [2.24, 2.45) is 0 Å². The van der Waals surface area contributed by atoms with Crippen LogP contribution in [0.1, 0.15) is 28.2 Å². The van der Waals surface area contributed by atoms with Crippen LogP contribution in [0.4, 0.5) is 16.3 Å². The van der Waals surface area contributed by atoms with Crippen LogP contribution in [0.15, 0.2) is 37.4 Å². The van der Waals surface area contributed by atoms with Crippen LogP contribution in [-0.2, 0) is 22.5 Å². The van der Waals surface area contributed by atoms with Crippen LogP contribution in [-0.4, -0.2) is 88.3 Å². The SMILES string of the molecule is C=Cc1ncc(C)c(CCNC(=O)CN2CCOCC2)c1NC(=O)N(Cc1ncnc(OC)n1)c1cc(C)ccn1. The van der Waals surface area contributed by atoms with Gasteiger partial charge in [0.1, 0.15) is 12.1 Å². The van der Waals surface area contributed by atoms with Gasteiger partial charge in [0, 0.05) is 32.0 Å². The van der Waals surface area contributed by atoms with Gasteiger partial charge in [0.15, 0.2) is 5.82 Å². The van der Waals surface area contributed by atoms with E-state index < -0.39 is 6.03 Å². The van der Waals surface area contributed by atoms with E-state index in [0.717, 1.165) is 29.8 Å². The lowest BCUT2D eigenvalue weighted by Gasteiger charge is -2.26. The lowest BCUT2D eigenvalue weighted by molar-refractivity contribution is -0.123. The molecule has 0 bridgehead atoms. The number of aryl methyl sites for hydroxylation is 2. The van der Waals surface area contributed by atoms with E-state index in [0.29, 0.717) is 55.7 Å². The minimum Gasteiger partial charge on any atom is -0.467 e. The number of nitrogens with one attached hydrogen (secondary N) is 2. The summed E-state index contributed by atoms with van der Waals surface area (Å²) >= 11 is 0. The number of anilines is 2. The molecule has 0 spiro atoms. The summed E-state index contributed by atoms with van der Waals surface area (Å²) in [5.74, 6) is 0.682. The monoisotopic (exact) mass is 561 g/mol. The number of urea groups is 1. The summed E-state index contributed by atoms with van der Waals surface area (Å²) in [7, 11) is 1.46. The molecule has 0 atom stereocenters. The Balaban J connectivity index is 1.54. The molecule has 0 radical (unpaired) electrons. The zero-order chi connectivity index (χ0) is 29.2. The standard InChI is InChI=1S/C28H35N9O4/c1-5-22-26(21(20(3)15-31-22)7-9-30-25(38)17-36-10-12-41-13-11-36)35-28(39)37(24-14-19(2)6-8-29-24)16-23-32-18-33-27(34-23)40-4/h5-6,8,14-15,18H,1,7,9-13,16-17H2,2-4H3,(H,30,38)(H,35,39). The molecular weight excluding hydrogens is 526 g/mol. The van der Waals surface area contributed by atoms with Crippen LogP contribution in [0.5, 0.6) is 6.01 Å². The highest BCUT2D eigenvalue weighted by atomic mass is 16.5. The third kappa shape index (κ3) is 8.02. The number of nitrogens with zero attached hydrogens (tertiary/aromatic N) is 7. The van der Waals surface area contributed by atoms with Gasteiger partial charge < -0.3 is 20.1 Å². The number of methoxy groups -OCH3 is 1. The maximum atomic E-state index is 13.8. The number of rotatable bonds is 11. The number of carbonyl (C=O) groups excluding carboxylic acids is 2. The van der Waals surface area contributed by atoms with Crippen molar-refractivity contribution in [2.45, 2.75) is 26.8 Å². The van der Waals surface area contributed by atoms with Crippen molar-refractivity contribution in [1.29, 1.82) is 0 Å². The second-order valence-corrected chi connectivity index (χ2v) is 9.47. The van der Waals surface area contributed by atoms with Gasteiger partial charge in [-0.15, -0.1) is 0 Å². The highest BCUT2D eigenvalue weighted by Gasteiger charge is 2.23. The van der Waals surface area contributed by atoms with Crippen molar-refractivity contribution < 1.29 is 19.1 Å². The number of amides is 3. The van der Waals surface area contributed by atoms with Gasteiger partial charge in [0.2, 0.25) is 5.91 Å². The summed E-state index contributed by atoms with van der Waals surface area (Å²) < 4.78 is 10.5. The van der Waals surface area contributed by atoms with E-state index in [1.165, 1.54) is 18.3 Å². The summed E-state index contributed by atoms with van der Waals surface area (Å²) in [6.07, 6.45) is 6.75. The molecular formula is C28H35N9O4. The van der Waals surface area contributed by atoms with Crippen LogP contribution in [0.3, 0.4) is 0 Å². The molecule has 1 fully saturated rings. The van der Waals surface area contributed by atoms with Crippen molar-refractivity contribution in [3.05, 3.63) is 65.6 Å². The highest BCUT2D eigenvalue weighted by molar-refractivity contribution is 6.02. The Kier molecular flexibility index (Phi) is 10.2. The van der Waals surface area contributed by atoms with E-state index >= 15 is 0 Å². The molecule has 2 N–H and O–H groups in total. The number of carbonyl (C=O) groups is 2. The minimum atomic E-state index is -0.462. The van der Waals surface area contributed by atoms with Gasteiger partial charge in [-0.3, -0.25) is 19.6 Å². The van der Waals surface area contributed by atoms with Gasteiger partial charge in [-0.2, -0.15) is 9.97 Å². The first kappa shape index (κ1) is 29.5. The van der Waals surface area contributed by atoms with Crippen molar-refractivity contribution in [2.75, 3.05) is 56.7 Å². The topological polar surface area (TPSA) is 148 Å². The molecule has 13 heteroatoms. The van der Waals surface area contributed by atoms with Crippen LogP contribution < -0.4 is 20.3 Å². The number of morpholine rings is 1. The van der Waals surface area contributed by atoms with Gasteiger partial charge in [-0.25, -0.2) is 14.8 Å². The molecule has 0 saturated carbocycles. The molecule has 0 aromatic carbocycles. The van der Waals surface area contributed by atoms with Crippen LogP contribution in [0.2, 0.25) is 0 Å². The fourth-order valence-electron chi connectivity index (χ4n) is 4.35. The summed E-state index contributed by atoms with van der Waals surface area (Å²) in [6.45, 7) is 11.2. The summed E-state index contributed by atoms with van der Waals surface area (Å²) in [4.78, 5) is 51.1. The second kappa shape index (κ2) is 14.2. The van der Waals surface area contributed by atoms with Crippen LogP contribution in [0, 0.1) is 13.8 Å². The predicted molar refractivity (Wildman–Crippen MR) is 154 cm³/mol. The summed E-state index contributed by atoms with van der Waals surface area (Å²) in [5, 5.41) is 6.00. The Labute approximate surface area is 239 Å². The Morgan fingerprint density at radius 2 is 2.00 bits per heavy atom. The lowest BCUT2D eigenvalue weighted by atomic mass is 10.0. The molecule has 4 heterocycles. The average Bonchev–Trinajstić information content (AvgIpc) is 2.98. The first-order chi connectivity index (χ1) is 19.9. The van der Waals surface area contributed by atoms with E-state index in [-0.39, 0.29) is 18.5 Å². The number of pyridine rings is 2. The first-order valence-electron chi connectivity index (χ1n) is 13.3. The first-order valence-corrected chi connectivity index (χ1v) is 13.3. The van der Waals surface area contributed by atoms with Crippen LogP contribution in [0.25, 0.3) is 6.08 Å². The van der Waals surface area contributed by atoms with Gasteiger partial charge in [0.05, 0.1) is 44.8 Å². The zero-order valence-corrected chi connectivity index (χ0v) is 23.6. The fraction of sp³-hybridized carbons (Fsp3) is 0.393. The maximum Gasteiger partial charge on any atom is 0.328 e. The second-order valence-electron chi connectivity index (χ2n) is 9.47. The Hall–Kier alpha value is -4.49. The Morgan fingerprint density at radius 1 is 1.20 bits per heavy atom. The third-order valence-electron chi connectivity index (χ3n) is 6.53. The van der Waals surface area contributed by atoms with E-state index in [1.54, 1.807) is 24.5 Å². The van der Waals surface area contributed by atoms with Crippen molar-refractivity contribution in [1.82, 2.24) is 35.1 Å². The number of ether oxygens (including phenoxy) is 2. The molecule has 0 unspecified atom stereocenters. The van der Waals surface area contributed by atoms with Gasteiger partial charge in [-0.1, -0.05) is 6.58 Å². The molecule has 3 aromatic heterocycles. The maximum absolute atomic E-state index is 13.8. The number of hydrogen-bond acceptors (Lipinski definition) is 10. The zero-order valence-electron chi connectivity index (χ0n) is 23.6. The van der Waals surface area contributed by atoms with Gasteiger partial charge in [0.25, 0.3) is 0 Å². The third-order valence-corrected chi connectivity index (χ3v) is 6.53. The van der Waals surface area contributed by atoms with E-state index in [1.807, 2.05) is 19.9 Å². The Morgan fingerprint density at radius 3 is 2.73 bits per heavy atom. The molecule has 1 aliphatic heterocycles. The molecule has 4 rings (SSSR count). The van der Waals surface area contributed by atoms with Crippen molar-refractivity contribution in [3.8, 4) is 6.01 Å². The predicted octanol–water partition coefficient (Wildman–Crippen LogP) is 2.16. The smallest absolute Gasteiger partial charge is 0.328 e. The molecule has 3 aromatic rings. The molecule has 216 valence electrons. The quantitative estimate of drug-likeness (QED) is 0.357. The fourth-order valence-corrected chi connectivity index (χ4v) is 4.35. The molecule has 0 aliphatic carbocycles. The molecule has 41 heavy (non-hydrogen) atoms. The van der Waals surface area contributed by atoms with Crippen molar-refractivity contribution in [3.63, 3.8) is 0 Å². The molecule has 3 amide bonds. The molecule has 1 aliphatic rings. The van der Waals surface area contributed by atoms with E-state index in [9.17, 15) is 9.59 Å². The van der Waals surface area contributed by atoms with Gasteiger partial charge in [-0.05, 0) is 55.2 Å². The molecule has 13 nitrogen and oxygen atoms in total. The Bertz CT molecular complexity index is 1380. The van der Waals surface area contributed by atoms with Gasteiger partial charge >= 0.3 is 12.0 Å². The van der Waals surface area contributed by atoms with Crippen molar-refractivity contribution >= 4 is 29.5 Å². The number of aromatic nitrogens is 5.